The summed E-state index contributed by atoms with van der Waals surface area (Å²) in [6, 6.07) is 13.3. The number of carbonyl (C=O) groups excluding carboxylic acids is 3. The van der Waals surface area contributed by atoms with E-state index in [4.69, 9.17) is 15.2 Å². The van der Waals surface area contributed by atoms with Gasteiger partial charge >= 0.3 is 6.03 Å². The minimum atomic E-state index is -1.77. The SMILES string of the molecule is NCc1ccc(Oc2ccc(OC3(C4CCCCC4)C(=O)NC(=O)NC3=O)cc2)cc1. The van der Waals surface area contributed by atoms with E-state index < -0.39 is 23.4 Å². The lowest BCUT2D eigenvalue weighted by Crippen LogP contribution is -2.72. The number of amides is 4. The van der Waals surface area contributed by atoms with Crippen LogP contribution in [0.15, 0.2) is 48.5 Å². The number of barbiturate groups is 1. The number of hydrogen-bond acceptors (Lipinski definition) is 6. The summed E-state index contributed by atoms with van der Waals surface area (Å²) in [6.45, 7) is 0.460. The fraction of sp³-hybridized carbons (Fsp3) is 0.348. The number of nitrogens with one attached hydrogen (secondary N) is 2. The summed E-state index contributed by atoms with van der Waals surface area (Å²) in [7, 11) is 0. The van der Waals surface area contributed by atoms with Gasteiger partial charge in [0.15, 0.2) is 0 Å². The van der Waals surface area contributed by atoms with Gasteiger partial charge in [0.05, 0.1) is 0 Å². The predicted molar refractivity (Wildman–Crippen MR) is 112 cm³/mol. The first-order valence-corrected chi connectivity index (χ1v) is 10.4. The largest absolute Gasteiger partial charge is 0.467 e. The minimum Gasteiger partial charge on any atom is -0.467 e. The molecule has 8 heteroatoms. The van der Waals surface area contributed by atoms with E-state index in [1.165, 1.54) is 0 Å². The van der Waals surface area contributed by atoms with E-state index in [2.05, 4.69) is 10.6 Å². The third-order valence-electron chi connectivity index (χ3n) is 5.81. The van der Waals surface area contributed by atoms with Crippen molar-refractivity contribution in [2.24, 2.45) is 11.7 Å². The molecule has 4 rings (SSSR count). The van der Waals surface area contributed by atoms with E-state index in [1.807, 2.05) is 24.3 Å². The Hall–Kier alpha value is -3.39. The molecule has 1 saturated heterocycles. The Morgan fingerprint density at radius 1 is 0.806 bits per heavy atom. The number of benzene rings is 2. The van der Waals surface area contributed by atoms with Crippen molar-refractivity contribution < 1.29 is 23.9 Å². The maximum absolute atomic E-state index is 12.8. The molecule has 2 aromatic rings. The number of rotatable bonds is 6. The fourth-order valence-corrected chi connectivity index (χ4v) is 4.17. The van der Waals surface area contributed by atoms with E-state index >= 15 is 0 Å². The number of nitrogens with two attached hydrogens (primary N) is 1. The molecule has 31 heavy (non-hydrogen) atoms. The molecule has 2 fully saturated rings. The van der Waals surface area contributed by atoms with Crippen LogP contribution in [0.1, 0.15) is 37.7 Å². The van der Waals surface area contributed by atoms with E-state index in [0.717, 1.165) is 24.8 Å². The van der Waals surface area contributed by atoms with Crippen LogP contribution >= 0.6 is 0 Å². The van der Waals surface area contributed by atoms with E-state index in [9.17, 15) is 14.4 Å². The number of hydrogen-bond donors (Lipinski definition) is 3. The van der Waals surface area contributed by atoms with Gasteiger partial charge in [0.25, 0.3) is 17.4 Å². The molecule has 0 atom stereocenters. The molecule has 1 aliphatic heterocycles. The molecule has 0 radical (unpaired) electrons. The lowest BCUT2D eigenvalue weighted by Gasteiger charge is -2.41. The average molecular weight is 423 g/mol. The van der Waals surface area contributed by atoms with Crippen LogP contribution in [0, 0.1) is 5.92 Å². The number of imide groups is 2. The van der Waals surface area contributed by atoms with Crippen LogP contribution in [0.5, 0.6) is 17.2 Å². The van der Waals surface area contributed by atoms with E-state index in [1.54, 1.807) is 24.3 Å². The Balaban J connectivity index is 1.54. The second-order valence-corrected chi connectivity index (χ2v) is 7.83. The molecule has 1 saturated carbocycles. The second-order valence-electron chi connectivity index (χ2n) is 7.83. The molecule has 0 spiro atoms. The van der Waals surface area contributed by atoms with E-state index in [-0.39, 0.29) is 5.92 Å². The molecular formula is C23H25N3O5. The van der Waals surface area contributed by atoms with Gasteiger partial charge in [-0.3, -0.25) is 20.2 Å². The molecule has 0 aromatic heterocycles. The zero-order valence-electron chi connectivity index (χ0n) is 17.1. The normalized spacial score (nSPS) is 18.8. The first kappa shape index (κ1) is 20.9. The van der Waals surface area contributed by atoms with Gasteiger partial charge in [-0.2, -0.15) is 0 Å². The highest BCUT2D eigenvalue weighted by Gasteiger charge is 2.58. The summed E-state index contributed by atoms with van der Waals surface area (Å²) in [5.41, 5.74) is 4.84. The predicted octanol–water partition coefficient (Wildman–Crippen LogP) is 3.00. The van der Waals surface area contributed by atoms with Crippen LogP contribution in [-0.2, 0) is 16.1 Å². The molecule has 8 nitrogen and oxygen atoms in total. The maximum atomic E-state index is 12.8. The van der Waals surface area contributed by atoms with Gasteiger partial charge in [-0.25, -0.2) is 4.79 Å². The summed E-state index contributed by atoms with van der Waals surface area (Å²) < 4.78 is 11.9. The molecule has 4 amide bonds. The lowest BCUT2D eigenvalue weighted by molar-refractivity contribution is -0.158. The topological polar surface area (TPSA) is 120 Å². The maximum Gasteiger partial charge on any atom is 0.328 e. The zero-order valence-corrected chi connectivity index (χ0v) is 17.1. The number of ether oxygens (including phenoxy) is 2. The van der Waals surface area contributed by atoms with Crippen molar-refractivity contribution in [2.75, 3.05) is 0 Å². The monoisotopic (exact) mass is 423 g/mol. The van der Waals surface area contributed by atoms with Gasteiger partial charge < -0.3 is 15.2 Å². The van der Waals surface area contributed by atoms with Crippen LogP contribution in [0.3, 0.4) is 0 Å². The molecule has 1 aliphatic carbocycles. The Morgan fingerprint density at radius 2 is 1.32 bits per heavy atom. The van der Waals surface area contributed by atoms with Crippen molar-refractivity contribution in [3.8, 4) is 17.2 Å². The van der Waals surface area contributed by atoms with Gasteiger partial charge in [-0.15, -0.1) is 0 Å². The Morgan fingerprint density at radius 3 is 1.87 bits per heavy atom. The summed E-state index contributed by atoms with van der Waals surface area (Å²) in [5.74, 6) is -0.161. The molecule has 0 unspecified atom stereocenters. The van der Waals surface area contributed by atoms with Crippen molar-refractivity contribution in [3.63, 3.8) is 0 Å². The molecule has 2 aromatic carbocycles. The third-order valence-corrected chi connectivity index (χ3v) is 5.81. The van der Waals surface area contributed by atoms with Crippen LogP contribution in [0.25, 0.3) is 0 Å². The van der Waals surface area contributed by atoms with Crippen molar-refractivity contribution in [2.45, 2.75) is 44.2 Å². The van der Waals surface area contributed by atoms with E-state index in [0.29, 0.717) is 36.6 Å². The number of urea groups is 1. The zero-order chi connectivity index (χ0) is 21.8. The van der Waals surface area contributed by atoms with Gasteiger partial charge in [0.2, 0.25) is 0 Å². The smallest absolute Gasteiger partial charge is 0.328 e. The van der Waals surface area contributed by atoms with Gasteiger partial charge in [0, 0.05) is 12.5 Å². The molecule has 4 N–H and O–H groups in total. The standard InChI is InChI=1S/C23H25N3O5/c24-14-15-6-8-17(9-7-15)30-18-10-12-19(13-11-18)31-23(16-4-2-1-3-5-16)20(27)25-22(29)26-21(23)28/h6-13,16H,1-5,14,24H2,(H2,25,26,27,28,29). The first-order valence-electron chi connectivity index (χ1n) is 10.4. The number of carbonyl (C=O) groups is 3. The highest BCUT2D eigenvalue weighted by atomic mass is 16.5. The molecule has 1 heterocycles. The molecule has 162 valence electrons. The summed E-state index contributed by atoms with van der Waals surface area (Å²) in [6.07, 6.45) is 4.21. The second kappa shape index (κ2) is 8.77. The van der Waals surface area contributed by atoms with Crippen molar-refractivity contribution >= 4 is 17.8 Å². The first-order chi connectivity index (χ1) is 15.0. The quantitative estimate of drug-likeness (QED) is 0.615. The Kier molecular flexibility index (Phi) is 5.90. The Labute approximate surface area is 180 Å². The van der Waals surface area contributed by atoms with Gasteiger partial charge in [0.1, 0.15) is 17.2 Å². The van der Waals surface area contributed by atoms with Gasteiger partial charge in [-0.05, 0) is 54.8 Å². The fourth-order valence-electron chi connectivity index (χ4n) is 4.17. The molecule has 0 bridgehead atoms. The van der Waals surface area contributed by atoms with Crippen molar-refractivity contribution in [3.05, 3.63) is 54.1 Å². The minimum absolute atomic E-state index is 0.314. The average Bonchev–Trinajstić information content (AvgIpc) is 2.78. The van der Waals surface area contributed by atoms with Crippen LogP contribution in [0.2, 0.25) is 0 Å². The summed E-state index contributed by atoms with van der Waals surface area (Å²) >= 11 is 0. The molecule has 2 aliphatic rings. The van der Waals surface area contributed by atoms with Crippen LogP contribution in [-0.4, -0.2) is 23.4 Å². The Bertz CT molecular complexity index is 946. The summed E-state index contributed by atoms with van der Waals surface area (Å²) in [4.78, 5) is 37.3. The highest BCUT2D eigenvalue weighted by Crippen LogP contribution is 2.38. The molecular weight excluding hydrogens is 398 g/mol. The highest BCUT2D eigenvalue weighted by molar-refractivity contribution is 6.22. The third kappa shape index (κ3) is 4.25. The van der Waals surface area contributed by atoms with Gasteiger partial charge in [-0.1, -0.05) is 31.4 Å². The summed E-state index contributed by atoms with van der Waals surface area (Å²) in [5, 5.41) is 4.41. The van der Waals surface area contributed by atoms with Crippen LogP contribution in [0.4, 0.5) is 4.79 Å². The van der Waals surface area contributed by atoms with Crippen molar-refractivity contribution in [1.29, 1.82) is 0 Å². The lowest BCUT2D eigenvalue weighted by atomic mass is 9.75. The van der Waals surface area contributed by atoms with Crippen LogP contribution < -0.4 is 25.8 Å². The van der Waals surface area contributed by atoms with Crippen molar-refractivity contribution in [1.82, 2.24) is 10.6 Å².